The van der Waals surface area contributed by atoms with Gasteiger partial charge in [0.25, 0.3) is 10.0 Å². The van der Waals surface area contributed by atoms with E-state index < -0.39 is 10.0 Å². The Hall–Kier alpha value is -2.79. The molecule has 0 fully saturated rings. The summed E-state index contributed by atoms with van der Waals surface area (Å²) >= 11 is 0. The van der Waals surface area contributed by atoms with Crippen LogP contribution in [-0.2, 0) is 16.6 Å². The van der Waals surface area contributed by atoms with E-state index in [2.05, 4.69) is 0 Å². The second kappa shape index (κ2) is 7.62. The molecule has 0 aliphatic heterocycles. The second-order valence-electron chi connectivity index (χ2n) is 6.01. The number of ether oxygens (including phenoxy) is 1. The third kappa shape index (κ3) is 3.89. The molecule has 3 rings (SSSR count). The third-order valence-corrected chi connectivity index (χ3v) is 5.89. The summed E-state index contributed by atoms with van der Waals surface area (Å²) in [6, 6.07) is 23.6. The van der Waals surface area contributed by atoms with Crippen molar-refractivity contribution in [2.45, 2.75) is 18.4 Å². The van der Waals surface area contributed by atoms with Crippen LogP contribution in [0.3, 0.4) is 0 Å². The van der Waals surface area contributed by atoms with Crippen molar-refractivity contribution in [2.75, 3.05) is 11.4 Å². The molecule has 0 N–H and O–H groups in total. The van der Waals surface area contributed by atoms with Gasteiger partial charge in [-0.05, 0) is 36.8 Å². The Kier molecular flexibility index (Phi) is 5.28. The van der Waals surface area contributed by atoms with Gasteiger partial charge in [0.05, 0.1) is 24.2 Å². The Labute approximate surface area is 154 Å². The number of aryl methyl sites for hydroxylation is 1. The predicted molar refractivity (Wildman–Crippen MR) is 104 cm³/mol. The van der Waals surface area contributed by atoms with E-state index in [-0.39, 0.29) is 11.4 Å². The SMILES string of the molecule is COc1cccc(S(=O)(=O)N(Cc2ccccc2)c2ccc(C)cc2)c1. The zero-order valence-electron chi connectivity index (χ0n) is 14.8. The van der Waals surface area contributed by atoms with E-state index in [4.69, 9.17) is 4.74 Å². The van der Waals surface area contributed by atoms with Gasteiger partial charge in [-0.15, -0.1) is 0 Å². The highest BCUT2D eigenvalue weighted by Gasteiger charge is 2.25. The molecule has 3 aromatic carbocycles. The third-order valence-electron chi connectivity index (χ3n) is 4.12. The van der Waals surface area contributed by atoms with Crippen molar-refractivity contribution >= 4 is 15.7 Å². The Morgan fingerprint density at radius 2 is 1.58 bits per heavy atom. The molecule has 0 radical (unpaired) electrons. The molecule has 0 unspecified atom stereocenters. The van der Waals surface area contributed by atoms with Gasteiger partial charge in [0.2, 0.25) is 0 Å². The standard InChI is InChI=1S/C21H21NO3S/c1-17-11-13-19(14-12-17)22(16-18-7-4-3-5-8-18)26(23,24)21-10-6-9-20(15-21)25-2/h3-15H,16H2,1-2H3. The molecule has 0 atom stereocenters. The normalized spacial score (nSPS) is 11.2. The molecule has 3 aromatic rings. The summed E-state index contributed by atoms with van der Waals surface area (Å²) in [6.07, 6.45) is 0. The minimum atomic E-state index is -3.74. The molecule has 0 heterocycles. The van der Waals surface area contributed by atoms with E-state index in [1.165, 1.54) is 11.4 Å². The zero-order chi connectivity index (χ0) is 18.6. The van der Waals surface area contributed by atoms with Gasteiger partial charge in [0.1, 0.15) is 5.75 Å². The molecular formula is C21H21NO3S. The van der Waals surface area contributed by atoms with Crippen molar-refractivity contribution in [2.24, 2.45) is 0 Å². The molecule has 0 aliphatic carbocycles. The molecule has 26 heavy (non-hydrogen) atoms. The quantitative estimate of drug-likeness (QED) is 0.649. The Morgan fingerprint density at radius 3 is 2.23 bits per heavy atom. The molecule has 0 spiro atoms. The second-order valence-corrected chi connectivity index (χ2v) is 7.87. The highest BCUT2D eigenvalue weighted by atomic mass is 32.2. The lowest BCUT2D eigenvalue weighted by Crippen LogP contribution is -2.30. The Bertz CT molecular complexity index is 968. The highest BCUT2D eigenvalue weighted by molar-refractivity contribution is 7.92. The maximum atomic E-state index is 13.4. The number of anilines is 1. The molecule has 0 saturated heterocycles. The first-order valence-electron chi connectivity index (χ1n) is 8.28. The van der Waals surface area contributed by atoms with Crippen LogP contribution in [0, 0.1) is 6.92 Å². The molecular weight excluding hydrogens is 346 g/mol. The number of nitrogens with zero attached hydrogens (tertiary/aromatic N) is 1. The number of rotatable bonds is 6. The van der Waals surface area contributed by atoms with Crippen molar-refractivity contribution in [1.82, 2.24) is 0 Å². The number of hydrogen-bond donors (Lipinski definition) is 0. The van der Waals surface area contributed by atoms with E-state index in [9.17, 15) is 8.42 Å². The number of sulfonamides is 1. The molecule has 0 bridgehead atoms. The van der Waals surface area contributed by atoms with Crippen LogP contribution in [0.25, 0.3) is 0 Å². The van der Waals surface area contributed by atoms with Crippen LogP contribution in [0.4, 0.5) is 5.69 Å². The summed E-state index contributed by atoms with van der Waals surface area (Å²) in [6.45, 7) is 2.23. The maximum absolute atomic E-state index is 13.4. The summed E-state index contributed by atoms with van der Waals surface area (Å²) in [4.78, 5) is 0.202. The summed E-state index contributed by atoms with van der Waals surface area (Å²) in [5, 5.41) is 0. The topological polar surface area (TPSA) is 46.6 Å². The smallest absolute Gasteiger partial charge is 0.264 e. The number of hydrogen-bond acceptors (Lipinski definition) is 3. The van der Waals surface area contributed by atoms with Gasteiger partial charge in [-0.3, -0.25) is 4.31 Å². The minimum Gasteiger partial charge on any atom is -0.497 e. The minimum absolute atomic E-state index is 0.202. The van der Waals surface area contributed by atoms with Crippen LogP contribution in [0.2, 0.25) is 0 Å². The largest absolute Gasteiger partial charge is 0.497 e. The van der Waals surface area contributed by atoms with Gasteiger partial charge >= 0.3 is 0 Å². The molecule has 134 valence electrons. The monoisotopic (exact) mass is 367 g/mol. The van der Waals surface area contributed by atoms with E-state index in [0.29, 0.717) is 11.4 Å². The van der Waals surface area contributed by atoms with Gasteiger partial charge in [-0.1, -0.05) is 54.1 Å². The molecule has 0 aliphatic rings. The van der Waals surface area contributed by atoms with E-state index in [0.717, 1.165) is 11.1 Å². The van der Waals surface area contributed by atoms with Crippen LogP contribution < -0.4 is 9.04 Å². The van der Waals surface area contributed by atoms with Crippen LogP contribution >= 0.6 is 0 Å². The van der Waals surface area contributed by atoms with Crippen LogP contribution in [0.1, 0.15) is 11.1 Å². The van der Waals surface area contributed by atoms with Crippen molar-refractivity contribution < 1.29 is 13.2 Å². The molecule has 0 amide bonds. The average molecular weight is 367 g/mol. The van der Waals surface area contributed by atoms with Crippen molar-refractivity contribution in [3.05, 3.63) is 90.0 Å². The molecule has 5 heteroatoms. The highest BCUT2D eigenvalue weighted by Crippen LogP contribution is 2.28. The van der Waals surface area contributed by atoms with Crippen molar-refractivity contribution in [3.8, 4) is 5.75 Å². The van der Waals surface area contributed by atoms with Gasteiger partial charge in [0, 0.05) is 6.07 Å². The zero-order valence-corrected chi connectivity index (χ0v) is 15.6. The summed E-state index contributed by atoms with van der Waals surface area (Å²) < 4.78 is 33.3. The fourth-order valence-corrected chi connectivity index (χ4v) is 4.15. The van der Waals surface area contributed by atoms with E-state index in [1.54, 1.807) is 24.3 Å². The number of benzene rings is 3. The lowest BCUT2D eigenvalue weighted by Gasteiger charge is -2.25. The average Bonchev–Trinajstić information content (AvgIpc) is 2.68. The molecule has 4 nitrogen and oxygen atoms in total. The van der Waals surface area contributed by atoms with Crippen molar-refractivity contribution in [1.29, 1.82) is 0 Å². The lowest BCUT2D eigenvalue weighted by atomic mass is 10.2. The first-order valence-corrected chi connectivity index (χ1v) is 9.72. The van der Waals surface area contributed by atoms with Crippen molar-refractivity contribution in [3.63, 3.8) is 0 Å². The number of methoxy groups -OCH3 is 1. The first kappa shape index (κ1) is 18.0. The van der Waals surface area contributed by atoms with Gasteiger partial charge in [-0.2, -0.15) is 0 Å². The lowest BCUT2D eigenvalue weighted by molar-refractivity contribution is 0.413. The molecule has 0 aromatic heterocycles. The van der Waals surface area contributed by atoms with Crippen LogP contribution in [0.15, 0.2) is 83.8 Å². The van der Waals surface area contributed by atoms with E-state index in [1.807, 2.05) is 61.5 Å². The molecule has 0 saturated carbocycles. The van der Waals surface area contributed by atoms with Crippen LogP contribution in [-0.4, -0.2) is 15.5 Å². The predicted octanol–water partition coefficient (Wildman–Crippen LogP) is 4.40. The Balaban J connectivity index is 2.07. The van der Waals surface area contributed by atoms with Crippen LogP contribution in [0.5, 0.6) is 5.75 Å². The summed E-state index contributed by atoms with van der Waals surface area (Å²) in [5.41, 5.74) is 2.62. The Morgan fingerprint density at radius 1 is 0.885 bits per heavy atom. The van der Waals surface area contributed by atoms with Gasteiger partial charge in [0.15, 0.2) is 0 Å². The first-order chi connectivity index (χ1) is 12.5. The summed E-state index contributed by atoms with van der Waals surface area (Å²) in [7, 11) is -2.22. The fourth-order valence-electron chi connectivity index (χ4n) is 2.66. The van der Waals surface area contributed by atoms with Gasteiger partial charge in [-0.25, -0.2) is 8.42 Å². The maximum Gasteiger partial charge on any atom is 0.264 e. The van der Waals surface area contributed by atoms with E-state index >= 15 is 0 Å². The van der Waals surface area contributed by atoms with Gasteiger partial charge < -0.3 is 4.74 Å². The fraction of sp³-hybridized carbons (Fsp3) is 0.143. The summed E-state index contributed by atoms with van der Waals surface area (Å²) in [5.74, 6) is 0.509.